The van der Waals surface area contributed by atoms with Crippen molar-refractivity contribution in [3.8, 4) is 0 Å². The third-order valence-electron chi connectivity index (χ3n) is 5.27. The molecule has 1 atom stereocenters. The third-order valence-corrected chi connectivity index (χ3v) is 5.52. The van der Waals surface area contributed by atoms with Gasteiger partial charge >= 0.3 is 0 Å². The summed E-state index contributed by atoms with van der Waals surface area (Å²) in [5, 5.41) is 3.67. The molecule has 1 unspecified atom stereocenters. The van der Waals surface area contributed by atoms with E-state index < -0.39 is 0 Å². The van der Waals surface area contributed by atoms with Crippen molar-refractivity contribution in [3.63, 3.8) is 0 Å². The number of likely N-dealkylation sites (tertiary alicyclic amines) is 1. The van der Waals surface area contributed by atoms with Crippen molar-refractivity contribution in [2.45, 2.75) is 32.4 Å². The van der Waals surface area contributed by atoms with Gasteiger partial charge in [0.25, 0.3) is 0 Å². The first-order valence-electron chi connectivity index (χ1n) is 9.40. The summed E-state index contributed by atoms with van der Waals surface area (Å²) in [6.07, 6.45) is 1.59. The zero-order valence-corrected chi connectivity index (χ0v) is 16.3. The zero-order chi connectivity index (χ0) is 19.2. The molecular formula is C22H25ClN2O2. The standard InChI is InChI=1S/C22H25ClN2O2/c1-16(22(27)24-15-17-7-9-20(23)10-8-17)25-13-11-19(12-14-25)21(26)18-5-3-2-4-6-18/h2-10,16,19H,11-15H2,1H3,(H,24,27). The molecule has 5 heteroatoms. The number of halogens is 1. The van der Waals surface area contributed by atoms with E-state index in [1.807, 2.05) is 61.5 Å². The van der Waals surface area contributed by atoms with Gasteiger partial charge in [0.2, 0.25) is 5.91 Å². The number of carbonyl (C=O) groups excluding carboxylic acids is 2. The average molecular weight is 385 g/mol. The van der Waals surface area contributed by atoms with E-state index in [0.29, 0.717) is 11.6 Å². The monoisotopic (exact) mass is 384 g/mol. The minimum absolute atomic E-state index is 0.0118. The van der Waals surface area contributed by atoms with Crippen molar-refractivity contribution in [2.24, 2.45) is 5.92 Å². The summed E-state index contributed by atoms with van der Waals surface area (Å²) in [5.74, 6) is 0.279. The maximum Gasteiger partial charge on any atom is 0.237 e. The van der Waals surface area contributed by atoms with Crippen LogP contribution in [-0.2, 0) is 11.3 Å². The molecule has 1 fully saturated rings. The maximum atomic E-state index is 12.6. The number of benzene rings is 2. The first-order chi connectivity index (χ1) is 13.0. The molecule has 1 N–H and O–H groups in total. The first-order valence-corrected chi connectivity index (χ1v) is 9.78. The van der Waals surface area contributed by atoms with Crippen LogP contribution in [0.15, 0.2) is 54.6 Å². The average Bonchev–Trinajstić information content (AvgIpc) is 2.73. The predicted octanol–water partition coefficient (Wildman–Crippen LogP) is 3.94. The van der Waals surface area contributed by atoms with Crippen molar-refractivity contribution in [2.75, 3.05) is 13.1 Å². The van der Waals surface area contributed by atoms with Crippen molar-refractivity contribution < 1.29 is 9.59 Å². The van der Waals surface area contributed by atoms with Gasteiger partial charge in [-0.1, -0.05) is 54.1 Å². The number of hydrogen-bond donors (Lipinski definition) is 1. The van der Waals surface area contributed by atoms with E-state index in [-0.39, 0.29) is 23.7 Å². The topological polar surface area (TPSA) is 49.4 Å². The van der Waals surface area contributed by atoms with E-state index in [0.717, 1.165) is 37.1 Å². The normalized spacial score (nSPS) is 16.7. The molecule has 0 bridgehead atoms. The third kappa shape index (κ3) is 5.18. The number of piperidine rings is 1. The summed E-state index contributed by atoms with van der Waals surface area (Å²) < 4.78 is 0. The summed E-state index contributed by atoms with van der Waals surface area (Å²) >= 11 is 5.88. The molecule has 0 spiro atoms. The number of nitrogens with one attached hydrogen (secondary N) is 1. The fraction of sp³-hybridized carbons (Fsp3) is 0.364. The van der Waals surface area contributed by atoms with Crippen molar-refractivity contribution in [1.29, 1.82) is 0 Å². The van der Waals surface area contributed by atoms with Crippen LogP contribution in [0.5, 0.6) is 0 Å². The number of carbonyl (C=O) groups is 2. The SMILES string of the molecule is CC(C(=O)NCc1ccc(Cl)cc1)N1CCC(C(=O)c2ccccc2)CC1. The molecule has 0 saturated carbocycles. The Labute approximate surface area is 165 Å². The Kier molecular flexibility index (Phi) is 6.64. The molecule has 0 radical (unpaired) electrons. The fourth-order valence-corrected chi connectivity index (χ4v) is 3.62. The molecular weight excluding hydrogens is 360 g/mol. The molecule has 27 heavy (non-hydrogen) atoms. The molecule has 4 nitrogen and oxygen atoms in total. The van der Waals surface area contributed by atoms with Crippen LogP contribution in [0.3, 0.4) is 0 Å². The van der Waals surface area contributed by atoms with Gasteiger partial charge in [-0.05, 0) is 50.6 Å². The highest BCUT2D eigenvalue weighted by molar-refractivity contribution is 6.30. The lowest BCUT2D eigenvalue weighted by Crippen LogP contribution is -2.48. The van der Waals surface area contributed by atoms with Crippen LogP contribution in [0.25, 0.3) is 0 Å². The van der Waals surface area contributed by atoms with Crippen LogP contribution < -0.4 is 5.32 Å². The number of nitrogens with zero attached hydrogens (tertiary/aromatic N) is 1. The summed E-state index contributed by atoms with van der Waals surface area (Å²) in [4.78, 5) is 27.2. The smallest absolute Gasteiger partial charge is 0.237 e. The van der Waals surface area contributed by atoms with Gasteiger partial charge < -0.3 is 5.32 Å². The second-order valence-electron chi connectivity index (χ2n) is 7.06. The summed E-state index contributed by atoms with van der Waals surface area (Å²) in [6, 6.07) is 16.7. The van der Waals surface area contributed by atoms with Crippen molar-refractivity contribution >= 4 is 23.3 Å². The Morgan fingerprint density at radius 3 is 2.33 bits per heavy atom. The van der Waals surface area contributed by atoms with Crippen LogP contribution in [-0.4, -0.2) is 35.7 Å². The lowest BCUT2D eigenvalue weighted by Gasteiger charge is -2.34. The van der Waals surface area contributed by atoms with Gasteiger partial charge in [-0.2, -0.15) is 0 Å². The Morgan fingerprint density at radius 2 is 1.70 bits per heavy atom. The minimum Gasteiger partial charge on any atom is -0.351 e. The lowest BCUT2D eigenvalue weighted by atomic mass is 9.88. The lowest BCUT2D eigenvalue weighted by molar-refractivity contribution is -0.126. The van der Waals surface area contributed by atoms with Gasteiger partial charge in [0, 0.05) is 23.0 Å². The van der Waals surface area contributed by atoms with E-state index in [4.69, 9.17) is 11.6 Å². The number of ketones is 1. The van der Waals surface area contributed by atoms with Gasteiger partial charge in [-0.3, -0.25) is 14.5 Å². The molecule has 3 rings (SSSR count). The van der Waals surface area contributed by atoms with Gasteiger partial charge in [-0.15, -0.1) is 0 Å². The highest BCUT2D eigenvalue weighted by Crippen LogP contribution is 2.23. The maximum absolute atomic E-state index is 12.6. The highest BCUT2D eigenvalue weighted by Gasteiger charge is 2.30. The molecule has 2 aromatic rings. The first kappa shape index (κ1) is 19.6. The molecule has 142 valence electrons. The van der Waals surface area contributed by atoms with E-state index >= 15 is 0 Å². The Hall–Kier alpha value is -2.17. The second kappa shape index (κ2) is 9.16. The van der Waals surface area contributed by atoms with E-state index in [1.165, 1.54) is 0 Å². The molecule has 0 aliphatic carbocycles. The zero-order valence-electron chi connectivity index (χ0n) is 15.5. The Morgan fingerprint density at radius 1 is 1.07 bits per heavy atom. The van der Waals surface area contributed by atoms with Gasteiger partial charge in [-0.25, -0.2) is 0 Å². The van der Waals surface area contributed by atoms with Crippen LogP contribution >= 0.6 is 11.6 Å². The van der Waals surface area contributed by atoms with E-state index in [1.54, 1.807) is 0 Å². The number of hydrogen-bond acceptors (Lipinski definition) is 3. The van der Waals surface area contributed by atoms with Crippen LogP contribution in [0.2, 0.25) is 5.02 Å². The summed E-state index contributed by atoms with van der Waals surface area (Å²) in [6.45, 7) is 3.94. The molecule has 1 aliphatic rings. The molecule has 1 aliphatic heterocycles. The Bertz CT molecular complexity index is 769. The van der Waals surface area contributed by atoms with Crippen molar-refractivity contribution in [3.05, 3.63) is 70.7 Å². The van der Waals surface area contributed by atoms with E-state index in [2.05, 4.69) is 10.2 Å². The Balaban J connectivity index is 1.47. The number of rotatable bonds is 6. The predicted molar refractivity (Wildman–Crippen MR) is 108 cm³/mol. The van der Waals surface area contributed by atoms with E-state index in [9.17, 15) is 9.59 Å². The molecule has 0 aromatic heterocycles. The highest BCUT2D eigenvalue weighted by atomic mass is 35.5. The van der Waals surface area contributed by atoms with Crippen LogP contribution in [0.4, 0.5) is 0 Å². The van der Waals surface area contributed by atoms with Gasteiger partial charge in [0.1, 0.15) is 0 Å². The van der Waals surface area contributed by atoms with Crippen LogP contribution in [0, 0.1) is 5.92 Å². The fourth-order valence-electron chi connectivity index (χ4n) is 3.49. The summed E-state index contributed by atoms with van der Waals surface area (Å²) in [5.41, 5.74) is 1.80. The van der Waals surface area contributed by atoms with Crippen LogP contribution in [0.1, 0.15) is 35.7 Å². The molecule has 1 saturated heterocycles. The second-order valence-corrected chi connectivity index (χ2v) is 7.50. The summed E-state index contributed by atoms with van der Waals surface area (Å²) in [7, 11) is 0. The molecule has 1 amide bonds. The van der Waals surface area contributed by atoms with Crippen molar-refractivity contribution in [1.82, 2.24) is 10.2 Å². The van der Waals surface area contributed by atoms with Gasteiger partial charge in [0.15, 0.2) is 5.78 Å². The number of Topliss-reactive ketones (excluding diaryl/α,β-unsaturated/α-hetero) is 1. The van der Waals surface area contributed by atoms with Gasteiger partial charge in [0.05, 0.1) is 6.04 Å². The largest absolute Gasteiger partial charge is 0.351 e. The molecule has 1 heterocycles. The quantitative estimate of drug-likeness (QED) is 0.767. The molecule has 2 aromatic carbocycles. The minimum atomic E-state index is -0.204. The number of amides is 1.